The summed E-state index contributed by atoms with van der Waals surface area (Å²) < 4.78 is 5.11. The zero-order valence-electron chi connectivity index (χ0n) is 15.1. The van der Waals surface area contributed by atoms with E-state index in [-0.39, 0.29) is 5.91 Å². The summed E-state index contributed by atoms with van der Waals surface area (Å²) in [4.78, 5) is 33.8. The average molecular weight is 365 g/mol. The molecular weight excluding hydrogens is 346 g/mol. The number of amides is 2. The van der Waals surface area contributed by atoms with Crippen LogP contribution >= 0.6 is 0 Å². The lowest BCUT2D eigenvalue weighted by Crippen LogP contribution is -2.36. The van der Waals surface area contributed by atoms with E-state index in [0.29, 0.717) is 47.9 Å². The molecule has 2 aromatic heterocycles. The number of rotatable bonds is 3. The van der Waals surface area contributed by atoms with Gasteiger partial charge in [0.05, 0.1) is 23.6 Å². The topological polar surface area (TPSA) is 118 Å². The minimum atomic E-state index is -0.464. The number of primary amides is 1. The highest BCUT2D eigenvalue weighted by molar-refractivity contribution is 5.96. The number of nitrogens with zero attached hydrogens (tertiary/aromatic N) is 3. The number of aryl methyl sites for hydroxylation is 2. The standard InChI is InChI=1S/C19H19N5O3/c1-10-16(11(2)27-23-10)19(26)24-8-7-14-15(9-24)22-18(21-14)13-5-3-12(4-6-13)17(20)25/h3-6H,7-9H2,1-2H3,(H2,20,25)(H,21,22). The van der Waals surface area contributed by atoms with Crippen molar-refractivity contribution >= 4 is 11.8 Å². The molecule has 0 radical (unpaired) electrons. The van der Waals surface area contributed by atoms with E-state index in [1.54, 1.807) is 43.0 Å². The lowest BCUT2D eigenvalue weighted by Gasteiger charge is -2.26. The van der Waals surface area contributed by atoms with Gasteiger partial charge in [-0.1, -0.05) is 17.3 Å². The van der Waals surface area contributed by atoms with Crippen molar-refractivity contribution in [2.45, 2.75) is 26.8 Å². The number of fused-ring (bicyclic) bond motifs is 1. The molecule has 0 bridgehead atoms. The first-order valence-corrected chi connectivity index (χ1v) is 8.64. The molecule has 0 saturated carbocycles. The van der Waals surface area contributed by atoms with Crippen LogP contribution < -0.4 is 5.73 Å². The van der Waals surface area contributed by atoms with E-state index in [0.717, 1.165) is 17.0 Å². The minimum absolute atomic E-state index is 0.0844. The van der Waals surface area contributed by atoms with Gasteiger partial charge in [-0.2, -0.15) is 0 Å². The molecule has 8 nitrogen and oxygen atoms in total. The number of imidazole rings is 1. The maximum absolute atomic E-state index is 12.8. The molecule has 0 atom stereocenters. The molecule has 4 rings (SSSR count). The van der Waals surface area contributed by atoms with E-state index in [4.69, 9.17) is 10.3 Å². The third kappa shape index (κ3) is 2.99. The van der Waals surface area contributed by atoms with Gasteiger partial charge in [-0.3, -0.25) is 9.59 Å². The van der Waals surface area contributed by atoms with Crippen LogP contribution in [0.5, 0.6) is 0 Å². The van der Waals surface area contributed by atoms with Crippen LogP contribution in [-0.2, 0) is 13.0 Å². The lowest BCUT2D eigenvalue weighted by atomic mass is 10.1. The van der Waals surface area contributed by atoms with Crippen molar-refractivity contribution in [3.05, 3.63) is 58.2 Å². The predicted molar refractivity (Wildman–Crippen MR) is 97.0 cm³/mol. The predicted octanol–water partition coefficient (Wildman–Crippen LogP) is 1.98. The molecule has 1 aromatic carbocycles. The van der Waals surface area contributed by atoms with Crippen molar-refractivity contribution in [1.82, 2.24) is 20.0 Å². The minimum Gasteiger partial charge on any atom is -0.366 e. The molecule has 138 valence electrons. The monoisotopic (exact) mass is 365 g/mol. The van der Waals surface area contributed by atoms with Crippen LogP contribution in [0.15, 0.2) is 28.8 Å². The third-order valence-electron chi connectivity index (χ3n) is 4.81. The van der Waals surface area contributed by atoms with Crippen LogP contribution in [0.25, 0.3) is 11.4 Å². The molecule has 0 fully saturated rings. The van der Waals surface area contributed by atoms with Crippen LogP contribution in [0.1, 0.15) is 43.6 Å². The molecule has 3 N–H and O–H groups in total. The first kappa shape index (κ1) is 17.0. The van der Waals surface area contributed by atoms with E-state index >= 15 is 0 Å². The zero-order valence-corrected chi connectivity index (χ0v) is 15.1. The van der Waals surface area contributed by atoms with Crippen LogP contribution in [0, 0.1) is 13.8 Å². The highest BCUT2D eigenvalue weighted by Gasteiger charge is 2.28. The Hall–Kier alpha value is -3.42. The second kappa shape index (κ2) is 6.39. The van der Waals surface area contributed by atoms with E-state index in [1.807, 2.05) is 0 Å². The number of nitrogens with two attached hydrogens (primary N) is 1. The van der Waals surface area contributed by atoms with E-state index < -0.39 is 5.91 Å². The number of aromatic amines is 1. The van der Waals surface area contributed by atoms with Gasteiger partial charge in [0, 0.05) is 24.1 Å². The Morgan fingerprint density at radius 1 is 1.22 bits per heavy atom. The van der Waals surface area contributed by atoms with Crippen molar-refractivity contribution in [2.24, 2.45) is 5.73 Å². The normalized spacial score (nSPS) is 13.5. The molecule has 8 heteroatoms. The first-order chi connectivity index (χ1) is 12.9. The van der Waals surface area contributed by atoms with Crippen molar-refractivity contribution in [3.8, 4) is 11.4 Å². The number of carbonyl (C=O) groups excluding carboxylic acids is 2. The smallest absolute Gasteiger partial charge is 0.259 e. The first-order valence-electron chi connectivity index (χ1n) is 8.64. The van der Waals surface area contributed by atoms with E-state index in [1.165, 1.54) is 0 Å². The van der Waals surface area contributed by atoms with Gasteiger partial charge in [-0.05, 0) is 26.0 Å². The van der Waals surface area contributed by atoms with Crippen LogP contribution in [0.3, 0.4) is 0 Å². The molecule has 1 aliphatic rings. The summed E-state index contributed by atoms with van der Waals surface area (Å²) in [5.74, 6) is 0.693. The summed E-state index contributed by atoms with van der Waals surface area (Å²) in [5, 5.41) is 3.86. The second-order valence-electron chi connectivity index (χ2n) is 6.63. The van der Waals surface area contributed by atoms with E-state index in [9.17, 15) is 9.59 Å². The SMILES string of the molecule is Cc1noc(C)c1C(=O)N1CCc2nc(-c3ccc(C(N)=O)cc3)[nH]c2C1. The van der Waals surface area contributed by atoms with Gasteiger partial charge in [0.1, 0.15) is 17.1 Å². The van der Waals surface area contributed by atoms with Gasteiger partial charge in [-0.25, -0.2) is 4.98 Å². The number of aromatic nitrogens is 3. The summed E-state index contributed by atoms with van der Waals surface area (Å²) in [5.41, 5.74) is 9.58. The number of hydrogen-bond acceptors (Lipinski definition) is 5. The highest BCUT2D eigenvalue weighted by Crippen LogP contribution is 2.25. The highest BCUT2D eigenvalue weighted by atomic mass is 16.5. The molecule has 1 aliphatic heterocycles. The van der Waals surface area contributed by atoms with Crippen LogP contribution in [0.4, 0.5) is 0 Å². The molecule has 2 amide bonds. The van der Waals surface area contributed by atoms with Crippen LogP contribution in [-0.4, -0.2) is 38.4 Å². The quantitative estimate of drug-likeness (QED) is 0.736. The summed E-state index contributed by atoms with van der Waals surface area (Å²) in [6.45, 7) is 4.54. The van der Waals surface area contributed by atoms with Crippen molar-refractivity contribution in [1.29, 1.82) is 0 Å². The fraction of sp³-hybridized carbons (Fsp3) is 0.263. The van der Waals surface area contributed by atoms with E-state index in [2.05, 4.69) is 15.1 Å². The Balaban J connectivity index is 1.57. The van der Waals surface area contributed by atoms with Gasteiger partial charge in [0.25, 0.3) is 5.91 Å². The Morgan fingerprint density at radius 2 is 1.96 bits per heavy atom. The molecular formula is C19H19N5O3. The Bertz CT molecular complexity index is 1010. The molecule has 0 aliphatic carbocycles. The van der Waals surface area contributed by atoms with Crippen molar-refractivity contribution in [3.63, 3.8) is 0 Å². The number of H-pyrrole nitrogens is 1. The number of nitrogens with one attached hydrogen (secondary N) is 1. The molecule has 3 heterocycles. The molecule has 0 unspecified atom stereocenters. The van der Waals surface area contributed by atoms with Gasteiger partial charge >= 0.3 is 0 Å². The van der Waals surface area contributed by atoms with Gasteiger partial charge in [0.2, 0.25) is 5.91 Å². The average Bonchev–Trinajstić information content (AvgIpc) is 3.23. The molecule has 3 aromatic rings. The maximum Gasteiger partial charge on any atom is 0.259 e. The summed E-state index contributed by atoms with van der Waals surface area (Å²) in [6, 6.07) is 6.95. The Morgan fingerprint density at radius 3 is 2.59 bits per heavy atom. The molecule has 0 saturated heterocycles. The summed E-state index contributed by atoms with van der Waals surface area (Å²) in [6.07, 6.45) is 0.667. The lowest BCUT2D eigenvalue weighted by molar-refractivity contribution is 0.0729. The maximum atomic E-state index is 12.8. The van der Waals surface area contributed by atoms with Gasteiger partial charge in [-0.15, -0.1) is 0 Å². The molecule has 27 heavy (non-hydrogen) atoms. The summed E-state index contributed by atoms with van der Waals surface area (Å²) >= 11 is 0. The van der Waals surface area contributed by atoms with Gasteiger partial charge < -0.3 is 20.1 Å². The zero-order chi connectivity index (χ0) is 19.1. The van der Waals surface area contributed by atoms with Crippen molar-refractivity contribution < 1.29 is 14.1 Å². The van der Waals surface area contributed by atoms with Crippen molar-refractivity contribution in [2.75, 3.05) is 6.54 Å². The van der Waals surface area contributed by atoms with Crippen LogP contribution in [0.2, 0.25) is 0 Å². The summed E-state index contributed by atoms with van der Waals surface area (Å²) in [7, 11) is 0. The fourth-order valence-corrected chi connectivity index (χ4v) is 3.34. The number of carbonyl (C=O) groups is 2. The largest absolute Gasteiger partial charge is 0.366 e. The Kier molecular flexibility index (Phi) is 4.02. The number of benzene rings is 1. The Labute approximate surface area is 155 Å². The van der Waals surface area contributed by atoms with Gasteiger partial charge in [0.15, 0.2) is 0 Å². The molecule has 0 spiro atoms. The number of hydrogen-bond donors (Lipinski definition) is 2. The second-order valence-corrected chi connectivity index (χ2v) is 6.63. The fourth-order valence-electron chi connectivity index (χ4n) is 3.34. The third-order valence-corrected chi connectivity index (χ3v) is 4.81.